The van der Waals surface area contributed by atoms with E-state index in [1.807, 2.05) is 0 Å². The number of rotatable bonds is 4. The Balaban J connectivity index is 2.89. The summed E-state index contributed by atoms with van der Waals surface area (Å²) in [5.74, 6) is 0. The molecule has 0 saturated carbocycles. The van der Waals surface area contributed by atoms with E-state index in [9.17, 15) is 13.5 Å². The highest BCUT2D eigenvalue weighted by atomic mass is 32.2. The third kappa shape index (κ3) is 3.21. The van der Waals surface area contributed by atoms with Crippen LogP contribution < -0.4 is 4.31 Å². The Morgan fingerprint density at radius 1 is 1.20 bits per heavy atom. The highest BCUT2D eigenvalue weighted by molar-refractivity contribution is 7.92. The highest BCUT2D eigenvalue weighted by Gasteiger charge is 2.10. The van der Waals surface area contributed by atoms with Crippen molar-refractivity contribution in [1.29, 1.82) is 0 Å². The van der Waals surface area contributed by atoms with Crippen LogP contribution in [0.25, 0.3) is 0 Å². The lowest BCUT2D eigenvalue weighted by Crippen LogP contribution is -2.24. The van der Waals surface area contributed by atoms with Crippen LogP contribution in [0.2, 0.25) is 0 Å². The van der Waals surface area contributed by atoms with E-state index in [4.69, 9.17) is 0 Å². The molecule has 0 aliphatic carbocycles. The molecule has 0 unspecified atom stereocenters. The average molecular weight is 228 g/mol. The number of sulfonamides is 1. The lowest BCUT2D eigenvalue weighted by molar-refractivity contribution is 0.197. The summed E-state index contributed by atoms with van der Waals surface area (Å²) >= 11 is 0. The molecular weight excluding hydrogens is 214 g/mol. The Hall–Kier alpha value is -1.07. The van der Waals surface area contributed by atoms with E-state index in [2.05, 4.69) is 0 Å². The first kappa shape index (κ1) is 12.0. The van der Waals surface area contributed by atoms with Crippen LogP contribution >= 0.6 is 0 Å². The Kier molecular flexibility index (Phi) is 3.71. The maximum absolute atomic E-state index is 11.2. The second-order valence-corrected chi connectivity index (χ2v) is 5.36. The Labute approximate surface area is 90.2 Å². The van der Waals surface area contributed by atoms with Gasteiger partial charge in [0.2, 0.25) is 10.0 Å². The van der Waals surface area contributed by atoms with Crippen molar-refractivity contribution >= 4 is 15.7 Å². The van der Waals surface area contributed by atoms with Crippen molar-refractivity contribution in [2.45, 2.75) is 6.42 Å². The molecule has 1 aromatic rings. The average Bonchev–Trinajstić information content (AvgIpc) is 2.17. The molecule has 83 valence electrons. The topological polar surface area (TPSA) is 57.3 Å². The Morgan fingerprint density at radius 2 is 1.73 bits per heavy atom. The molecule has 0 atom stereocenters. The van der Waals surface area contributed by atoms with E-state index in [0.29, 0.717) is 12.1 Å². The van der Waals surface area contributed by atoms with E-state index < -0.39 is 10.0 Å². The van der Waals surface area contributed by atoms with Crippen molar-refractivity contribution in [2.75, 3.05) is 24.2 Å². The molecule has 0 aromatic heterocycles. The van der Waals surface area contributed by atoms with Gasteiger partial charge in [-0.2, -0.15) is 0 Å². The summed E-state index contributed by atoms with van der Waals surface area (Å²) in [4.78, 5) is 0. The van der Waals surface area contributed by atoms with Crippen LogP contribution in [0, 0.1) is 0 Å². The van der Waals surface area contributed by atoms with Crippen LogP contribution in [0.15, 0.2) is 24.3 Å². The van der Waals surface area contributed by atoms with Crippen LogP contribution in [0.4, 0.5) is 5.69 Å². The van der Waals surface area contributed by atoms with Crippen molar-refractivity contribution in [2.24, 2.45) is 0 Å². The summed E-state index contributed by atoms with van der Waals surface area (Å²) in [6, 6.07) is 6.95. The molecule has 0 spiro atoms. The van der Waals surface area contributed by atoms with Crippen molar-refractivity contribution in [3.63, 3.8) is 0 Å². The molecule has 0 N–H and O–H groups in total. The zero-order valence-corrected chi connectivity index (χ0v) is 9.62. The molecular formula is C10H14NO3S. The van der Waals surface area contributed by atoms with Gasteiger partial charge in [0.25, 0.3) is 0 Å². The number of anilines is 1. The fourth-order valence-corrected chi connectivity index (χ4v) is 1.69. The lowest BCUT2D eigenvalue weighted by Gasteiger charge is -2.16. The van der Waals surface area contributed by atoms with Crippen LogP contribution in [0.5, 0.6) is 0 Å². The minimum atomic E-state index is -3.21. The van der Waals surface area contributed by atoms with Gasteiger partial charge >= 0.3 is 0 Å². The summed E-state index contributed by atoms with van der Waals surface area (Å²) in [6.45, 7) is -0.152. The van der Waals surface area contributed by atoms with E-state index in [0.717, 1.165) is 11.8 Å². The van der Waals surface area contributed by atoms with Crippen LogP contribution in [-0.2, 0) is 21.6 Å². The molecule has 0 aliphatic rings. The number of benzene rings is 1. The standard InChI is InChI=1S/C10H14NO3S/c1-11(15(2,13)14)10-5-3-9(4-6-10)7-8-12/h3-6H,7-8H2,1-2H3. The fraction of sp³-hybridized carbons (Fsp3) is 0.400. The first-order valence-electron chi connectivity index (χ1n) is 4.56. The second kappa shape index (κ2) is 4.63. The summed E-state index contributed by atoms with van der Waals surface area (Å²) < 4.78 is 23.6. The third-order valence-electron chi connectivity index (χ3n) is 2.19. The first-order valence-corrected chi connectivity index (χ1v) is 6.41. The molecule has 0 bridgehead atoms. The van der Waals surface area contributed by atoms with Crippen molar-refractivity contribution in [1.82, 2.24) is 0 Å². The van der Waals surface area contributed by atoms with Gasteiger partial charge in [-0.25, -0.2) is 13.5 Å². The number of hydrogen-bond donors (Lipinski definition) is 0. The van der Waals surface area contributed by atoms with Crippen LogP contribution in [-0.4, -0.2) is 28.3 Å². The summed E-state index contributed by atoms with van der Waals surface area (Å²) in [5, 5.41) is 10.4. The molecule has 0 heterocycles. The SMILES string of the molecule is CN(c1ccc(CC[O])cc1)S(C)(=O)=O. The van der Waals surface area contributed by atoms with Gasteiger partial charge in [-0.05, 0) is 24.1 Å². The molecule has 1 aromatic carbocycles. The van der Waals surface area contributed by atoms with Crippen molar-refractivity contribution < 1.29 is 13.5 Å². The maximum Gasteiger partial charge on any atom is 0.231 e. The van der Waals surface area contributed by atoms with E-state index >= 15 is 0 Å². The second-order valence-electron chi connectivity index (χ2n) is 3.35. The zero-order valence-electron chi connectivity index (χ0n) is 8.80. The smallest absolute Gasteiger partial charge is 0.231 e. The van der Waals surface area contributed by atoms with Gasteiger partial charge in [0.1, 0.15) is 0 Å². The van der Waals surface area contributed by atoms with Crippen molar-refractivity contribution in [3.05, 3.63) is 29.8 Å². The van der Waals surface area contributed by atoms with E-state index in [1.54, 1.807) is 24.3 Å². The van der Waals surface area contributed by atoms with Crippen LogP contribution in [0.1, 0.15) is 5.56 Å². The fourth-order valence-electron chi connectivity index (χ4n) is 1.18. The van der Waals surface area contributed by atoms with Gasteiger partial charge < -0.3 is 0 Å². The van der Waals surface area contributed by atoms with Crippen molar-refractivity contribution in [3.8, 4) is 0 Å². The minimum absolute atomic E-state index is 0.152. The minimum Gasteiger partial charge on any atom is -0.274 e. The Morgan fingerprint density at radius 3 is 2.13 bits per heavy atom. The predicted octanol–water partition coefficient (Wildman–Crippen LogP) is 1.06. The monoisotopic (exact) mass is 228 g/mol. The summed E-state index contributed by atoms with van der Waals surface area (Å²) in [6.07, 6.45) is 1.63. The molecule has 0 saturated heterocycles. The van der Waals surface area contributed by atoms with E-state index in [-0.39, 0.29) is 6.61 Å². The maximum atomic E-state index is 11.2. The molecule has 0 aliphatic heterocycles. The molecule has 0 amide bonds. The van der Waals surface area contributed by atoms with Gasteiger partial charge in [0.05, 0.1) is 18.6 Å². The normalized spacial score (nSPS) is 11.4. The van der Waals surface area contributed by atoms with Gasteiger partial charge in [0, 0.05) is 7.05 Å². The molecule has 15 heavy (non-hydrogen) atoms. The van der Waals surface area contributed by atoms with Crippen LogP contribution in [0.3, 0.4) is 0 Å². The lowest BCUT2D eigenvalue weighted by atomic mass is 10.1. The highest BCUT2D eigenvalue weighted by Crippen LogP contribution is 2.16. The molecule has 1 rings (SSSR count). The molecule has 0 fully saturated rings. The largest absolute Gasteiger partial charge is 0.274 e. The zero-order chi connectivity index (χ0) is 11.5. The van der Waals surface area contributed by atoms with Gasteiger partial charge in [-0.1, -0.05) is 12.1 Å². The number of hydrogen-bond acceptors (Lipinski definition) is 2. The predicted molar refractivity (Wildman–Crippen MR) is 58.9 cm³/mol. The summed E-state index contributed by atoms with van der Waals surface area (Å²) in [5.41, 5.74) is 1.53. The first-order chi connectivity index (χ1) is 6.95. The third-order valence-corrected chi connectivity index (χ3v) is 3.39. The number of nitrogens with zero attached hydrogens (tertiary/aromatic N) is 1. The van der Waals surface area contributed by atoms with Gasteiger partial charge in [-0.3, -0.25) is 4.31 Å². The molecule has 4 nitrogen and oxygen atoms in total. The van der Waals surface area contributed by atoms with Gasteiger partial charge in [0.15, 0.2) is 0 Å². The Bertz CT molecular complexity index is 411. The quantitative estimate of drug-likeness (QED) is 0.773. The summed E-state index contributed by atoms with van der Waals surface area (Å²) in [7, 11) is -1.71. The van der Waals surface area contributed by atoms with E-state index in [1.165, 1.54) is 11.4 Å². The van der Waals surface area contributed by atoms with Gasteiger partial charge in [-0.15, -0.1) is 0 Å². The molecule has 1 radical (unpaired) electrons. The molecule has 5 heteroatoms.